The number of hydrogen-bond donors (Lipinski definition) is 0. The average Bonchev–Trinajstić information content (AvgIpc) is 2.62. The topological polar surface area (TPSA) is 71.3 Å². The van der Waals surface area contributed by atoms with Gasteiger partial charge in [-0.3, -0.25) is 14.2 Å². The van der Waals surface area contributed by atoms with Crippen molar-refractivity contribution in [2.75, 3.05) is 32.1 Å². The molecular formula is C18H20FN5O2. The van der Waals surface area contributed by atoms with Gasteiger partial charge < -0.3 is 9.80 Å². The second-order valence-corrected chi connectivity index (χ2v) is 7.14. The maximum absolute atomic E-state index is 13.2. The second kappa shape index (κ2) is 6.19. The third-order valence-electron chi connectivity index (χ3n) is 5.23. The molecule has 3 atom stereocenters. The molecule has 2 aliphatic rings. The Morgan fingerprint density at radius 1 is 1.23 bits per heavy atom. The summed E-state index contributed by atoms with van der Waals surface area (Å²) in [5.41, 5.74) is 0.713. The van der Waals surface area contributed by atoms with E-state index in [1.165, 1.54) is 11.0 Å². The molecule has 136 valence electrons. The standard InChI is InChI=1S/C18H20FN5O2/c1-22(2)17(26)16-12-6-11(14-4-3-5-15(25)24(14)16)9-23(10-12)18-20-7-13(19)8-21-18/h3-5,7-8,11-12,16H,6,9-10H2,1-2H3/t11-,12+,16-/m1/s1. The number of nitrogens with zero attached hydrogens (tertiary/aromatic N) is 5. The van der Waals surface area contributed by atoms with Crippen molar-refractivity contribution in [2.45, 2.75) is 18.4 Å². The maximum atomic E-state index is 13.2. The minimum absolute atomic E-state index is 0.0371. The van der Waals surface area contributed by atoms with Crippen LogP contribution in [0.25, 0.3) is 0 Å². The molecule has 0 N–H and O–H groups in total. The van der Waals surface area contributed by atoms with Crippen LogP contribution in [0.5, 0.6) is 0 Å². The Morgan fingerprint density at radius 3 is 2.65 bits per heavy atom. The predicted molar refractivity (Wildman–Crippen MR) is 93.5 cm³/mol. The Balaban J connectivity index is 1.78. The number of carbonyl (C=O) groups excluding carboxylic acids is 1. The van der Waals surface area contributed by atoms with Gasteiger partial charge in [-0.1, -0.05) is 6.07 Å². The Bertz CT molecular complexity index is 895. The maximum Gasteiger partial charge on any atom is 0.251 e. The van der Waals surface area contributed by atoms with Gasteiger partial charge in [0.1, 0.15) is 6.04 Å². The molecule has 2 aromatic rings. The molecule has 1 fully saturated rings. The zero-order valence-electron chi connectivity index (χ0n) is 14.7. The summed E-state index contributed by atoms with van der Waals surface area (Å²) in [5, 5.41) is 0. The highest BCUT2D eigenvalue weighted by Crippen LogP contribution is 2.42. The van der Waals surface area contributed by atoms with Crippen molar-refractivity contribution >= 4 is 11.9 Å². The molecule has 0 spiro atoms. The molecule has 0 aliphatic carbocycles. The monoisotopic (exact) mass is 357 g/mol. The molecule has 4 rings (SSSR count). The molecule has 1 amide bonds. The minimum atomic E-state index is -0.548. The van der Waals surface area contributed by atoms with Crippen LogP contribution in [0, 0.1) is 11.7 Å². The lowest BCUT2D eigenvalue weighted by atomic mass is 9.78. The van der Waals surface area contributed by atoms with Crippen LogP contribution >= 0.6 is 0 Å². The van der Waals surface area contributed by atoms with Crippen LogP contribution in [0.2, 0.25) is 0 Å². The largest absolute Gasteiger partial charge is 0.347 e. The summed E-state index contributed by atoms with van der Waals surface area (Å²) in [7, 11) is 3.40. The number of rotatable bonds is 2. The first-order chi connectivity index (χ1) is 12.5. The molecule has 26 heavy (non-hydrogen) atoms. The number of carbonyl (C=O) groups is 1. The fourth-order valence-corrected chi connectivity index (χ4v) is 4.15. The summed E-state index contributed by atoms with van der Waals surface area (Å²) in [6, 6.07) is 4.60. The molecule has 1 saturated heterocycles. The van der Waals surface area contributed by atoms with E-state index in [-0.39, 0.29) is 23.3 Å². The van der Waals surface area contributed by atoms with Crippen molar-refractivity contribution in [3.05, 3.63) is 52.5 Å². The molecule has 2 aromatic heterocycles. The number of anilines is 1. The van der Waals surface area contributed by atoms with E-state index in [0.717, 1.165) is 24.5 Å². The molecule has 8 heteroatoms. The van der Waals surface area contributed by atoms with Gasteiger partial charge in [-0.25, -0.2) is 14.4 Å². The third-order valence-corrected chi connectivity index (χ3v) is 5.23. The van der Waals surface area contributed by atoms with Gasteiger partial charge in [0, 0.05) is 50.8 Å². The van der Waals surface area contributed by atoms with E-state index < -0.39 is 11.9 Å². The van der Waals surface area contributed by atoms with Crippen molar-refractivity contribution in [1.82, 2.24) is 19.4 Å². The van der Waals surface area contributed by atoms with Crippen LogP contribution in [0.15, 0.2) is 35.4 Å². The van der Waals surface area contributed by atoms with Gasteiger partial charge in [0.05, 0.1) is 12.4 Å². The quantitative estimate of drug-likeness (QED) is 0.803. The summed E-state index contributed by atoms with van der Waals surface area (Å²) < 4.78 is 14.8. The van der Waals surface area contributed by atoms with Crippen LogP contribution in [0.1, 0.15) is 24.1 Å². The van der Waals surface area contributed by atoms with Gasteiger partial charge in [-0.2, -0.15) is 0 Å². The second-order valence-electron chi connectivity index (χ2n) is 7.14. The number of piperidine rings is 1. The van der Waals surface area contributed by atoms with E-state index in [9.17, 15) is 14.0 Å². The first-order valence-electron chi connectivity index (χ1n) is 8.61. The summed E-state index contributed by atoms with van der Waals surface area (Å²) in [6.07, 6.45) is 3.12. The molecule has 0 radical (unpaired) electrons. The Labute approximate surface area is 150 Å². The van der Waals surface area contributed by atoms with Crippen molar-refractivity contribution in [2.24, 2.45) is 5.92 Å². The fourth-order valence-electron chi connectivity index (χ4n) is 4.15. The van der Waals surface area contributed by atoms with Gasteiger partial charge in [0.2, 0.25) is 11.9 Å². The van der Waals surface area contributed by atoms with E-state index >= 15 is 0 Å². The number of fused-ring (bicyclic) bond motifs is 4. The van der Waals surface area contributed by atoms with Crippen molar-refractivity contribution in [3.63, 3.8) is 0 Å². The first-order valence-corrected chi connectivity index (χ1v) is 8.61. The predicted octanol–water partition coefficient (Wildman–Crippen LogP) is 1.03. The van der Waals surface area contributed by atoms with Crippen molar-refractivity contribution in [3.8, 4) is 0 Å². The number of pyridine rings is 1. The van der Waals surface area contributed by atoms with E-state index in [1.54, 1.807) is 24.7 Å². The molecule has 0 unspecified atom stereocenters. The lowest BCUT2D eigenvalue weighted by molar-refractivity contribution is -0.134. The number of halogens is 1. The third kappa shape index (κ3) is 2.65. The zero-order chi connectivity index (χ0) is 18.4. The van der Waals surface area contributed by atoms with E-state index in [0.29, 0.717) is 19.0 Å². The van der Waals surface area contributed by atoms with Gasteiger partial charge in [0.15, 0.2) is 5.82 Å². The Kier molecular flexibility index (Phi) is 3.97. The van der Waals surface area contributed by atoms with Crippen LogP contribution in [0.4, 0.5) is 10.3 Å². The van der Waals surface area contributed by atoms with Crippen LogP contribution in [0.3, 0.4) is 0 Å². The molecule has 0 saturated carbocycles. The lowest BCUT2D eigenvalue weighted by Gasteiger charge is -2.46. The van der Waals surface area contributed by atoms with Gasteiger partial charge >= 0.3 is 0 Å². The van der Waals surface area contributed by atoms with E-state index in [1.807, 2.05) is 11.0 Å². The normalized spacial score (nSPS) is 24.1. The average molecular weight is 357 g/mol. The number of hydrogen-bond acceptors (Lipinski definition) is 5. The van der Waals surface area contributed by atoms with Gasteiger partial charge in [-0.05, 0) is 12.5 Å². The van der Waals surface area contributed by atoms with Gasteiger partial charge in [-0.15, -0.1) is 0 Å². The minimum Gasteiger partial charge on any atom is -0.347 e. The lowest BCUT2D eigenvalue weighted by Crippen LogP contribution is -2.53. The Hall–Kier alpha value is -2.77. The highest BCUT2D eigenvalue weighted by Gasteiger charge is 2.44. The summed E-state index contributed by atoms with van der Waals surface area (Å²) in [6.45, 7) is 1.18. The highest BCUT2D eigenvalue weighted by atomic mass is 19.1. The molecule has 4 heterocycles. The highest BCUT2D eigenvalue weighted by molar-refractivity contribution is 5.81. The van der Waals surface area contributed by atoms with Gasteiger partial charge in [0.25, 0.3) is 5.56 Å². The van der Waals surface area contributed by atoms with E-state index in [2.05, 4.69) is 9.97 Å². The van der Waals surface area contributed by atoms with Crippen molar-refractivity contribution < 1.29 is 9.18 Å². The summed E-state index contributed by atoms with van der Waals surface area (Å²) in [4.78, 5) is 37.1. The SMILES string of the molecule is CN(C)C(=O)[C@H]1[C@H]2C[C@H](CN(c3ncc(F)cn3)C2)c2cccc(=O)n21. The zero-order valence-corrected chi connectivity index (χ0v) is 14.7. The number of amides is 1. The van der Waals surface area contributed by atoms with Crippen LogP contribution < -0.4 is 10.5 Å². The summed E-state index contributed by atoms with van der Waals surface area (Å²) >= 11 is 0. The van der Waals surface area contributed by atoms with E-state index in [4.69, 9.17) is 0 Å². The summed E-state index contributed by atoms with van der Waals surface area (Å²) in [5.74, 6) is -0.0651. The molecule has 2 bridgehead atoms. The van der Waals surface area contributed by atoms with Crippen molar-refractivity contribution in [1.29, 1.82) is 0 Å². The Morgan fingerprint density at radius 2 is 1.96 bits per heavy atom. The van der Waals surface area contributed by atoms with Crippen LogP contribution in [-0.2, 0) is 4.79 Å². The molecule has 2 aliphatic heterocycles. The molecular weight excluding hydrogens is 337 g/mol. The number of aromatic nitrogens is 3. The van der Waals surface area contributed by atoms with Crippen LogP contribution in [-0.4, -0.2) is 52.5 Å². The molecule has 7 nitrogen and oxygen atoms in total. The first kappa shape index (κ1) is 16.7. The number of likely N-dealkylation sites (N-methyl/N-ethyl adjacent to an activating group) is 1. The fraction of sp³-hybridized carbons (Fsp3) is 0.444. The smallest absolute Gasteiger partial charge is 0.251 e. The molecule has 0 aromatic carbocycles.